The highest BCUT2D eigenvalue weighted by Gasteiger charge is 2.26. The van der Waals surface area contributed by atoms with E-state index in [9.17, 15) is 20.4 Å². The van der Waals surface area contributed by atoms with E-state index >= 15 is 0 Å². The molecule has 0 fully saturated rings. The Hall–Kier alpha value is -2.71. The minimum absolute atomic E-state index is 0.0274. The largest absolute Gasteiger partial charge is 0.507 e. The van der Waals surface area contributed by atoms with Crippen LogP contribution in [0.5, 0.6) is 23.0 Å². The van der Waals surface area contributed by atoms with Crippen LogP contribution in [-0.2, 0) is 0 Å². The van der Waals surface area contributed by atoms with E-state index in [-0.39, 0.29) is 33.8 Å². The molecule has 4 heteroatoms. The predicted molar refractivity (Wildman–Crippen MR) is 67.3 cm³/mol. The molecule has 3 rings (SSSR count). The van der Waals surface area contributed by atoms with Crippen molar-refractivity contribution in [1.29, 1.82) is 0 Å². The highest BCUT2D eigenvalue weighted by Crippen LogP contribution is 2.48. The summed E-state index contributed by atoms with van der Waals surface area (Å²) in [5, 5.41) is 39.9. The van der Waals surface area contributed by atoms with Gasteiger partial charge < -0.3 is 20.4 Å². The molecule has 88 valence electrons. The summed E-state index contributed by atoms with van der Waals surface area (Å²) in [6, 6.07) is 2.52. The van der Waals surface area contributed by atoms with Gasteiger partial charge in [0.25, 0.3) is 0 Å². The van der Waals surface area contributed by atoms with Gasteiger partial charge in [0.2, 0.25) is 0 Å². The van der Waals surface area contributed by atoms with Crippen LogP contribution in [0, 0.1) is 6.08 Å². The molecule has 0 unspecified atom stereocenters. The van der Waals surface area contributed by atoms with Crippen molar-refractivity contribution in [2.24, 2.45) is 0 Å². The minimum atomic E-state index is -0.207. The number of phenols is 4. The van der Waals surface area contributed by atoms with Gasteiger partial charge in [0.05, 0.1) is 16.8 Å². The summed E-state index contributed by atoms with van der Waals surface area (Å²) in [5.41, 5.74) is 0.753. The van der Waals surface area contributed by atoms with Crippen molar-refractivity contribution < 1.29 is 20.4 Å². The zero-order valence-electron chi connectivity index (χ0n) is 9.18. The Morgan fingerprint density at radius 2 is 1.33 bits per heavy atom. The third-order valence-electron chi connectivity index (χ3n) is 3.01. The summed E-state index contributed by atoms with van der Waals surface area (Å²) < 4.78 is 0. The Kier molecular flexibility index (Phi) is 1.97. The lowest BCUT2D eigenvalue weighted by molar-refractivity contribution is 0.446. The zero-order valence-corrected chi connectivity index (χ0v) is 9.18. The molecule has 1 aliphatic carbocycles. The lowest BCUT2D eigenvalue weighted by atomic mass is 9.94. The van der Waals surface area contributed by atoms with Gasteiger partial charge in [-0.25, -0.2) is 0 Å². The fourth-order valence-electron chi connectivity index (χ4n) is 2.16. The lowest BCUT2D eigenvalue weighted by Crippen LogP contribution is -1.90. The van der Waals surface area contributed by atoms with Crippen LogP contribution in [0.15, 0.2) is 18.2 Å². The number of rotatable bonds is 0. The molecule has 2 aromatic rings. The quantitative estimate of drug-likeness (QED) is 0.422. The summed E-state index contributed by atoms with van der Waals surface area (Å²) >= 11 is 0. The highest BCUT2D eigenvalue weighted by molar-refractivity contribution is 6.06. The molecule has 0 amide bonds. The molecule has 0 spiro atoms. The standard InChI is InChI=1S/C14H8O4/c15-9-5-6-10(16)12-11(9)13(17)7-3-1-2-4-8(7)14(12)18/h1,3-6H,(H3-,15,16,17,18)/p+1. The van der Waals surface area contributed by atoms with Crippen molar-refractivity contribution in [3.05, 3.63) is 35.4 Å². The van der Waals surface area contributed by atoms with E-state index in [1.54, 1.807) is 12.2 Å². The van der Waals surface area contributed by atoms with Crippen molar-refractivity contribution in [2.45, 2.75) is 0 Å². The molecule has 0 saturated carbocycles. The first-order valence-corrected chi connectivity index (χ1v) is 5.29. The number of hydrogen-bond acceptors (Lipinski definition) is 4. The highest BCUT2D eigenvalue weighted by atomic mass is 16.3. The maximum Gasteiger partial charge on any atom is 0.194 e. The van der Waals surface area contributed by atoms with Crippen LogP contribution < -0.4 is 0 Å². The van der Waals surface area contributed by atoms with Gasteiger partial charge in [-0.1, -0.05) is 0 Å². The number of fused-ring (bicyclic) bond motifs is 2. The molecule has 4 N–H and O–H groups in total. The van der Waals surface area contributed by atoms with E-state index < -0.39 is 0 Å². The molecule has 0 heterocycles. The normalized spacial score (nSPS) is 12.4. The summed E-state index contributed by atoms with van der Waals surface area (Å²) in [4.78, 5) is 0. The maximum atomic E-state index is 10.1. The van der Waals surface area contributed by atoms with Crippen molar-refractivity contribution in [1.82, 2.24) is 0 Å². The van der Waals surface area contributed by atoms with Gasteiger partial charge in [-0.2, -0.15) is 0 Å². The average Bonchev–Trinajstić information content (AvgIpc) is 2.38. The predicted octanol–water partition coefficient (Wildman–Crippen LogP) is 2.51. The van der Waals surface area contributed by atoms with Crippen molar-refractivity contribution in [3.8, 4) is 23.0 Å². The lowest BCUT2D eigenvalue weighted by Gasteiger charge is -2.10. The molecule has 0 bridgehead atoms. The number of benzene rings is 2. The Morgan fingerprint density at radius 3 is 1.94 bits per heavy atom. The number of phenolic OH excluding ortho intramolecular Hbond substituents is 4. The Morgan fingerprint density at radius 1 is 0.778 bits per heavy atom. The van der Waals surface area contributed by atoms with E-state index in [2.05, 4.69) is 6.08 Å². The van der Waals surface area contributed by atoms with Crippen LogP contribution in [0.4, 0.5) is 0 Å². The Labute approximate surface area is 102 Å². The Bertz CT molecular complexity index is 664. The second kappa shape index (κ2) is 3.39. The number of aromatic hydroxyl groups is 4. The number of hydrogen-bond donors (Lipinski definition) is 4. The van der Waals surface area contributed by atoms with Crippen LogP contribution in [-0.4, -0.2) is 20.4 Å². The molecular weight excluding hydrogens is 232 g/mol. The molecule has 0 radical (unpaired) electrons. The second-order valence-corrected chi connectivity index (χ2v) is 4.02. The van der Waals surface area contributed by atoms with Gasteiger partial charge in [-0.15, -0.1) is 0 Å². The molecule has 0 aliphatic heterocycles. The van der Waals surface area contributed by atoms with Gasteiger partial charge in [0.1, 0.15) is 34.8 Å². The molecule has 2 aromatic carbocycles. The van der Waals surface area contributed by atoms with Gasteiger partial charge in [-0.3, -0.25) is 0 Å². The molecular formula is C14H9O4+. The maximum absolute atomic E-state index is 10.1. The van der Waals surface area contributed by atoms with Crippen LogP contribution in [0.1, 0.15) is 11.1 Å². The molecule has 0 aromatic heterocycles. The van der Waals surface area contributed by atoms with Gasteiger partial charge in [-0.05, 0) is 12.1 Å². The summed E-state index contributed by atoms with van der Waals surface area (Å²) in [6.07, 6.45) is 7.46. The average molecular weight is 241 g/mol. The number of allylic oxidation sites excluding steroid dienone is 2. The first kappa shape index (κ1) is 10.4. The monoisotopic (exact) mass is 241 g/mol. The summed E-state index contributed by atoms with van der Waals surface area (Å²) in [6.45, 7) is 0. The Balaban J connectivity index is 2.61. The molecule has 18 heavy (non-hydrogen) atoms. The third kappa shape index (κ3) is 1.18. The SMILES string of the molecule is Oc1ccc(O)c2c(O)c3c(c(O)c12)C=[C+]C=C3. The third-order valence-corrected chi connectivity index (χ3v) is 3.01. The van der Waals surface area contributed by atoms with E-state index in [4.69, 9.17) is 0 Å². The van der Waals surface area contributed by atoms with Crippen molar-refractivity contribution >= 4 is 22.9 Å². The first-order valence-electron chi connectivity index (χ1n) is 5.29. The topological polar surface area (TPSA) is 80.9 Å². The van der Waals surface area contributed by atoms with E-state index in [0.717, 1.165) is 0 Å². The first-order chi connectivity index (χ1) is 8.61. The zero-order chi connectivity index (χ0) is 12.9. The van der Waals surface area contributed by atoms with Crippen LogP contribution in [0.3, 0.4) is 0 Å². The fourth-order valence-corrected chi connectivity index (χ4v) is 2.16. The fraction of sp³-hybridized carbons (Fsp3) is 0. The van der Waals surface area contributed by atoms with Crippen molar-refractivity contribution in [2.75, 3.05) is 0 Å². The van der Waals surface area contributed by atoms with Gasteiger partial charge in [0, 0.05) is 6.08 Å². The smallest absolute Gasteiger partial charge is 0.194 e. The van der Waals surface area contributed by atoms with E-state index in [1.807, 2.05) is 0 Å². The molecule has 1 aliphatic rings. The molecule has 0 saturated heterocycles. The van der Waals surface area contributed by atoms with Crippen LogP contribution >= 0.6 is 0 Å². The van der Waals surface area contributed by atoms with Crippen LogP contribution in [0.2, 0.25) is 0 Å². The molecule has 0 atom stereocenters. The second-order valence-electron chi connectivity index (χ2n) is 4.02. The van der Waals surface area contributed by atoms with Gasteiger partial charge in [0.15, 0.2) is 11.5 Å². The van der Waals surface area contributed by atoms with Crippen molar-refractivity contribution in [3.63, 3.8) is 0 Å². The summed E-state index contributed by atoms with van der Waals surface area (Å²) in [7, 11) is 0. The molecule has 4 nitrogen and oxygen atoms in total. The van der Waals surface area contributed by atoms with E-state index in [1.165, 1.54) is 18.2 Å². The van der Waals surface area contributed by atoms with E-state index in [0.29, 0.717) is 11.1 Å². The summed E-state index contributed by atoms with van der Waals surface area (Å²) in [5.74, 6) is -0.782. The minimum Gasteiger partial charge on any atom is -0.507 e. The van der Waals surface area contributed by atoms with Gasteiger partial charge >= 0.3 is 0 Å². The van der Waals surface area contributed by atoms with Crippen LogP contribution in [0.25, 0.3) is 22.9 Å².